The van der Waals surface area contributed by atoms with E-state index in [-0.39, 0.29) is 5.41 Å². The van der Waals surface area contributed by atoms with Crippen LogP contribution in [0.4, 0.5) is 0 Å². The monoisotopic (exact) mass is 200 g/mol. The first-order chi connectivity index (χ1) is 6.54. The van der Waals surface area contributed by atoms with E-state index in [0.717, 1.165) is 19.1 Å². The fraction of sp³-hybridized carbons (Fsp3) is 1.00. The Morgan fingerprint density at radius 2 is 1.93 bits per heavy atom. The Bertz CT molecular complexity index is 159. The van der Waals surface area contributed by atoms with Crippen LogP contribution in [0, 0.1) is 11.3 Å². The van der Waals surface area contributed by atoms with E-state index in [4.69, 9.17) is 10.6 Å². The molecule has 1 heterocycles. The van der Waals surface area contributed by atoms with E-state index in [0.29, 0.717) is 6.04 Å². The van der Waals surface area contributed by atoms with Crippen molar-refractivity contribution in [2.45, 2.75) is 46.1 Å². The molecule has 0 aromatic heterocycles. The van der Waals surface area contributed by atoms with Crippen molar-refractivity contribution < 1.29 is 4.74 Å². The molecule has 0 aromatic rings. The Morgan fingerprint density at radius 1 is 1.36 bits per heavy atom. The van der Waals surface area contributed by atoms with E-state index in [1.165, 1.54) is 19.3 Å². The molecule has 3 N–H and O–H groups in total. The maximum atomic E-state index is 5.59. The van der Waals surface area contributed by atoms with Crippen molar-refractivity contribution in [1.29, 1.82) is 0 Å². The standard InChI is InChI=1S/C11H24N2O/c1-11(2,3)10(13-12)8-9-4-6-14-7-5-9/h9-10,13H,4-8,12H2,1-3H3. The van der Waals surface area contributed by atoms with Crippen LogP contribution in [0.5, 0.6) is 0 Å². The Labute approximate surface area is 87.4 Å². The second kappa shape index (κ2) is 5.10. The molecule has 84 valence electrons. The number of hydrogen-bond donors (Lipinski definition) is 2. The minimum Gasteiger partial charge on any atom is -0.381 e. The van der Waals surface area contributed by atoms with Gasteiger partial charge in [0, 0.05) is 19.3 Å². The summed E-state index contributed by atoms with van der Waals surface area (Å²) in [6.07, 6.45) is 3.55. The van der Waals surface area contributed by atoms with Crippen LogP contribution in [0.3, 0.4) is 0 Å². The lowest BCUT2D eigenvalue weighted by molar-refractivity contribution is 0.0545. The topological polar surface area (TPSA) is 47.3 Å². The van der Waals surface area contributed by atoms with E-state index >= 15 is 0 Å². The fourth-order valence-corrected chi connectivity index (χ4v) is 1.99. The number of nitrogens with two attached hydrogens (primary N) is 1. The molecule has 1 unspecified atom stereocenters. The zero-order valence-corrected chi connectivity index (χ0v) is 9.68. The lowest BCUT2D eigenvalue weighted by Crippen LogP contribution is -2.45. The molecular formula is C11H24N2O. The van der Waals surface area contributed by atoms with Crippen molar-refractivity contribution in [1.82, 2.24) is 5.43 Å². The zero-order chi connectivity index (χ0) is 10.6. The smallest absolute Gasteiger partial charge is 0.0468 e. The van der Waals surface area contributed by atoms with Crippen LogP contribution >= 0.6 is 0 Å². The number of ether oxygens (including phenoxy) is 1. The minimum absolute atomic E-state index is 0.243. The Kier molecular flexibility index (Phi) is 4.35. The maximum absolute atomic E-state index is 5.59. The molecule has 3 heteroatoms. The molecule has 0 spiro atoms. The summed E-state index contributed by atoms with van der Waals surface area (Å²) in [5.41, 5.74) is 3.19. The van der Waals surface area contributed by atoms with Crippen LogP contribution in [0.1, 0.15) is 40.0 Å². The molecule has 0 bridgehead atoms. The molecule has 1 aliphatic rings. The first-order valence-corrected chi connectivity index (χ1v) is 5.58. The Morgan fingerprint density at radius 3 is 2.36 bits per heavy atom. The average molecular weight is 200 g/mol. The van der Waals surface area contributed by atoms with E-state index in [1.54, 1.807) is 0 Å². The van der Waals surface area contributed by atoms with Crippen LogP contribution in [0.25, 0.3) is 0 Å². The summed E-state index contributed by atoms with van der Waals surface area (Å²) in [7, 11) is 0. The number of nitrogens with one attached hydrogen (secondary N) is 1. The second-order valence-electron chi connectivity index (χ2n) is 5.38. The first-order valence-electron chi connectivity index (χ1n) is 5.58. The van der Waals surface area contributed by atoms with Crippen molar-refractivity contribution in [3.63, 3.8) is 0 Å². The Balaban J connectivity index is 2.39. The largest absolute Gasteiger partial charge is 0.381 e. The van der Waals surface area contributed by atoms with E-state index in [2.05, 4.69) is 26.2 Å². The van der Waals surface area contributed by atoms with Gasteiger partial charge in [-0.3, -0.25) is 11.3 Å². The van der Waals surface area contributed by atoms with Gasteiger partial charge in [-0.2, -0.15) is 0 Å². The molecule has 14 heavy (non-hydrogen) atoms. The highest BCUT2D eigenvalue weighted by Gasteiger charge is 2.27. The van der Waals surface area contributed by atoms with Gasteiger partial charge in [-0.25, -0.2) is 0 Å². The van der Waals surface area contributed by atoms with Gasteiger partial charge in [0.05, 0.1) is 0 Å². The van der Waals surface area contributed by atoms with Gasteiger partial charge in [0.15, 0.2) is 0 Å². The van der Waals surface area contributed by atoms with Gasteiger partial charge in [-0.15, -0.1) is 0 Å². The summed E-state index contributed by atoms with van der Waals surface area (Å²) < 4.78 is 5.35. The van der Waals surface area contributed by atoms with Gasteiger partial charge >= 0.3 is 0 Å². The zero-order valence-electron chi connectivity index (χ0n) is 9.68. The highest BCUT2D eigenvalue weighted by Crippen LogP contribution is 2.28. The van der Waals surface area contributed by atoms with Gasteiger partial charge in [-0.1, -0.05) is 20.8 Å². The third-order valence-electron chi connectivity index (χ3n) is 3.16. The SMILES string of the molecule is CC(C)(C)C(CC1CCOCC1)NN. The molecule has 1 atom stereocenters. The number of hydrogen-bond acceptors (Lipinski definition) is 3. The molecule has 1 rings (SSSR count). The molecule has 1 fully saturated rings. The lowest BCUT2D eigenvalue weighted by Gasteiger charge is -2.34. The van der Waals surface area contributed by atoms with Crippen molar-refractivity contribution >= 4 is 0 Å². The summed E-state index contributed by atoms with van der Waals surface area (Å²) in [6, 6.07) is 0.408. The third-order valence-corrected chi connectivity index (χ3v) is 3.16. The summed E-state index contributed by atoms with van der Waals surface area (Å²) in [5, 5.41) is 0. The second-order valence-corrected chi connectivity index (χ2v) is 5.38. The van der Waals surface area contributed by atoms with Crippen molar-refractivity contribution in [2.75, 3.05) is 13.2 Å². The van der Waals surface area contributed by atoms with Gasteiger partial charge < -0.3 is 4.74 Å². The highest BCUT2D eigenvalue weighted by atomic mass is 16.5. The third kappa shape index (κ3) is 3.56. The summed E-state index contributed by atoms with van der Waals surface area (Å²) in [4.78, 5) is 0. The average Bonchev–Trinajstić information content (AvgIpc) is 2.14. The quantitative estimate of drug-likeness (QED) is 0.538. The summed E-state index contributed by atoms with van der Waals surface area (Å²) >= 11 is 0. The summed E-state index contributed by atoms with van der Waals surface area (Å²) in [6.45, 7) is 8.54. The Hall–Kier alpha value is -0.120. The van der Waals surface area contributed by atoms with E-state index < -0.39 is 0 Å². The molecule has 1 aliphatic heterocycles. The predicted octanol–water partition coefficient (Wildman–Crippen LogP) is 1.68. The van der Waals surface area contributed by atoms with Crippen LogP contribution in [0.15, 0.2) is 0 Å². The van der Waals surface area contributed by atoms with Crippen molar-refractivity contribution in [3.05, 3.63) is 0 Å². The molecule has 3 nitrogen and oxygen atoms in total. The number of rotatable bonds is 3. The van der Waals surface area contributed by atoms with Crippen LogP contribution < -0.4 is 11.3 Å². The fourth-order valence-electron chi connectivity index (χ4n) is 1.99. The van der Waals surface area contributed by atoms with E-state index in [9.17, 15) is 0 Å². The lowest BCUT2D eigenvalue weighted by atomic mass is 9.80. The molecule has 1 saturated heterocycles. The van der Waals surface area contributed by atoms with Gasteiger partial charge in [0.25, 0.3) is 0 Å². The molecule has 0 amide bonds. The molecule has 0 aliphatic carbocycles. The normalized spacial score (nSPS) is 22.3. The molecule has 0 aromatic carbocycles. The van der Waals surface area contributed by atoms with Crippen molar-refractivity contribution in [2.24, 2.45) is 17.2 Å². The number of hydrazine groups is 1. The minimum atomic E-state index is 0.243. The molecule has 0 radical (unpaired) electrons. The maximum Gasteiger partial charge on any atom is 0.0468 e. The van der Waals surface area contributed by atoms with Gasteiger partial charge in [0.1, 0.15) is 0 Å². The van der Waals surface area contributed by atoms with Crippen LogP contribution in [0.2, 0.25) is 0 Å². The molecule has 0 saturated carbocycles. The molecular weight excluding hydrogens is 176 g/mol. The van der Waals surface area contributed by atoms with Crippen LogP contribution in [-0.2, 0) is 4.74 Å². The van der Waals surface area contributed by atoms with Gasteiger partial charge in [-0.05, 0) is 30.6 Å². The van der Waals surface area contributed by atoms with Crippen molar-refractivity contribution in [3.8, 4) is 0 Å². The van der Waals surface area contributed by atoms with Crippen LogP contribution in [-0.4, -0.2) is 19.3 Å². The predicted molar refractivity (Wildman–Crippen MR) is 58.7 cm³/mol. The van der Waals surface area contributed by atoms with E-state index in [1.807, 2.05) is 0 Å². The highest BCUT2D eigenvalue weighted by molar-refractivity contribution is 4.81. The van der Waals surface area contributed by atoms with Gasteiger partial charge in [0.2, 0.25) is 0 Å². The summed E-state index contributed by atoms with van der Waals surface area (Å²) in [5.74, 6) is 6.38. The first kappa shape index (κ1) is 12.0.